The quantitative estimate of drug-likeness (QED) is 0.822. The predicted octanol–water partition coefficient (Wildman–Crippen LogP) is 2.24. The van der Waals surface area contributed by atoms with Gasteiger partial charge in [-0.25, -0.2) is 4.79 Å². The van der Waals surface area contributed by atoms with Crippen molar-refractivity contribution in [2.24, 2.45) is 7.05 Å². The first kappa shape index (κ1) is 19.3. The maximum atomic E-state index is 12.4. The first-order chi connectivity index (χ1) is 12.7. The van der Waals surface area contributed by atoms with Crippen LogP contribution in [0.5, 0.6) is 0 Å². The monoisotopic (exact) mass is 372 g/mol. The van der Waals surface area contributed by atoms with E-state index in [1.54, 1.807) is 11.9 Å². The highest BCUT2D eigenvalue weighted by Gasteiger charge is 2.36. The third kappa shape index (κ3) is 4.63. The molecule has 2 heterocycles. The summed E-state index contributed by atoms with van der Waals surface area (Å²) < 4.78 is 5.52. The van der Waals surface area contributed by atoms with E-state index in [1.165, 1.54) is 4.80 Å². The van der Waals surface area contributed by atoms with Gasteiger partial charge in [0.15, 0.2) is 5.82 Å². The summed E-state index contributed by atoms with van der Waals surface area (Å²) in [5.74, 6) is 0.668. The van der Waals surface area contributed by atoms with Crippen molar-refractivity contribution in [3.8, 4) is 0 Å². The van der Waals surface area contributed by atoms with Crippen LogP contribution in [0.3, 0.4) is 0 Å². The molecule has 1 aromatic heterocycles. The number of rotatable bonds is 3. The highest BCUT2D eigenvalue weighted by molar-refractivity contribution is 5.68. The average molecular weight is 372 g/mol. The fourth-order valence-electron chi connectivity index (χ4n) is 3.38. The number of piperazine rings is 1. The summed E-state index contributed by atoms with van der Waals surface area (Å²) >= 11 is 0. The average Bonchev–Trinajstić information content (AvgIpc) is 3.02. The van der Waals surface area contributed by atoms with Crippen molar-refractivity contribution in [1.29, 1.82) is 0 Å². The second kappa shape index (κ2) is 7.64. The lowest BCUT2D eigenvalue weighted by atomic mass is 10.0. The molecule has 3 rings (SSSR count). The van der Waals surface area contributed by atoms with Gasteiger partial charge in [0.05, 0.1) is 13.1 Å². The number of tetrazole rings is 1. The first-order valence-corrected chi connectivity index (χ1v) is 9.27. The molecule has 1 amide bonds. The number of aromatic nitrogens is 4. The molecule has 0 radical (unpaired) electrons. The van der Waals surface area contributed by atoms with Crippen molar-refractivity contribution in [2.45, 2.75) is 45.4 Å². The molecule has 146 valence electrons. The van der Waals surface area contributed by atoms with E-state index < -0.39 is 5.60 Å². The third-order valence-electron chi connectivity index (χ3n) is 4.55. The van der Waals surface area contributed by atoms with Crippen LogP contribution in [0.1, 0.15) is 45.1 Å². The lowest BCUT2D eigenvalue weighted by Gasteiger charge is -2.43. The molecule has 8 heteroatoms. The zero-order valence-corrected chi connectivity index (χ0v) is 16.7. The van der Waals surface area contributed by atoms with Crippen LogP contribution in [-0.2, 0) is 11.8 Å². The molecular formula is C19H28N6O2. The molecule has 1 aromatic carbocycles. The summed E-state index contributed by atoms with van der Waals surface area (Å²) in [7, 11) is 1.77. The van der Waals surface area contributed by atoms with Crippen molar-refractivity contribution in [3.05, 3.63) is 41.7 Å². The van der Waals surface area contributed by atoms with Gasteiger partial charge in [0.2, 0.25) is 0 Å². The molecule has 2 aromatic rings. The third-order valence-corrected chi connectivity index (χ3v) is 4.55. The van der Waals surface area contributed by atoms with Crippen LogP contribution in [0.4, 0.5) is 4.79 Å². The molecule has 0 bridgehead atoms. The van der Waals surface area contributed by atoms with E-state index in [4.69, 9.17) is 4.74 Å². The number of carbonyl (C=O) groups excluding carboxylic acids is 1. The van der Waals surface area contributed by atoms with Crippen molar-refractivity contribution >= 4 is 6.09 Å². The van der Waals surface area contributed by atoms with E-state index in [0.717, 1.165) is 5.56 Å². The zero-order valence-electron chi connectivity index (χ0n) is 16.7. The van der Waals surface area contributed by atoms with Gasteiger partial charge in [0, 0.05) is 25.7 Å². The SMILES string of the molecule is C[C@@H]1CN(C(=O)OC(C)(C)C)CCN1C(c1ccccc1)c1nnn(C)n1. The number of carbonyl (C=O) groups is 1. The molecule has 0 saturated carbocycles. The van der Waals surface area contributed by atoms with Crippen LogP contribution in [0.25, 0.3) is 0 Å². The van der Waals surface area contributed by atoms with Gasteiger partial charge in [-0.3, -0.25) is 4.90 Å². The molecule has 0 aliphatic carbocycles. The smallest absolute Gasteiger partial charge is 0.410 e. The Labute approximate surface area is 160 Å². The van der Waals surface area contributed by atoms with Crippen LogP contribution in [0.15, 0.2) is 30.3 Å². The topological polar surface area (TPSA) is 76.4 Å². The number of amides is 1. The Hall–Kier alpha value is -2.48. The minimum Gasteiger partial charge on any atom is -0.444 e. The van der Waals surface area contributed by atoms with Gasteiger partial charge in [-0.1, -0.05) is 30.3 Å². The highest BCUT2D eigenvalue weighted by atomic mass is 16.6. The van der Waals surface area contributed by atoms with Gasteiger partial charge in [0.1, 0.15) is 5.60 Å². The van der Waals surface area contributed by atoms with E-state index in [2.05, 4.69) is 39.4 Å². The number of ether oxygens (including phenoxy) is 1. The number of aryl methyl sites for hydroxylation is 1. The molecule has 2 atom stereocenters. The number of hydrogen-bond acceptors (Lipinski definition) is 6. The molecule has 1 fully saturated rings. The van der Waals surface area contributed by atoms with Gasteiger partial charge >= 0.3 is 6.09 Å². The second-order valence-electron chi connectivity index (χ2n) is 7.96. The Morgan fingerprint density at radius 1 is 1.22 bits per heavy atom. The second-order valence-corrected chi connectivity index (χ2v) is 7.96. The van der Waals surface area contributed by atoms with Gasteiger partial charge in [-0.2, -0.15) is 4.80 Å². The molecule has 1 aliphatic heterocycles. The Morgan fingerprint density at radius 2 is 1.93 bits per heavy atom. The highest BCUT2D eigenvalue weighted by Crippen LogP contribution is 2.29. The van der Waals surface area contributed by atoms with Crippen molar-refractivity contribution in [1.82, 2.24) is 30.0 Å². The number of hydrogen-bond donors (Lipinski definition) is 0. The lowest BCUT2D eigenvalue weighted by Crippen LogP contribution is -2.55. The van der Waals surface area contributed by atoms with Gasteiger partial charge in [-0.15, -0.1) is 10.2 Å². The van der Waals surface area contributed by atoms with E-state index in [9.17, 15) is 4.79 Å². The predicted molar refractivity (Wildman–Crippen MR) is 101 cm³/mol. The summed E-state index contributed by atoms with van der Waals surface area (Å²) in [5.41, 5.74) is 0.621. The van der Waals surface area contributed by atoms with E-state index in [-0.39, 0.29) is 18.2 Å². The summed E-state index contributed by atoms with van der Waals surface area (Å²) in [4.78, 5) is 18.0. The molecule has 1 saturated heterocycles. The fourth-order valence-corrected chi connectivity index (χ4v) is 3.38. The van der Waals surface area contributed by atoms with Crippen molar-refractivity contribution in [3.63, 3.8) is 0 Å². The van der Waals surface area contributed by atoms with Crippen molar-refractivity contribution in [2.75, 3.05) is 19.6 Å². The largest absolute Gasteiger partial charge is 0.444 e. The maximum absolute atomic E-state index is 12.4. The van der Waals surface area contributed by atoms with Crippen LogP contribution in [0, 0.1) is 0 Å². The maximum Gasteiger partial charge on any atom is 0.410 e. The zero-order chi connectivity index (χ0) is 19.6. The normalized spacial score (nSPS) is 19.7. The Bertz CT molecular complexity index is 770. The summed E-state index contributed by atoms with van der Waals surface area (Å²) in [6.45, 7) is 9.67. The standard InChI is InChI=1S/C19H28N6O2/c1-14-13-24(18(26)27-19(2,3)4)11-12-25(14)16(15-9-7-6-8-10-15)17-20-22-23(5)21-17/h6-10,14,16H,11-13H2,1-5H3/t14-,16?/m1/s1. The lowest BCUT2D eigenvalue weighted by molar-refractivity contribution is 0.000387. The fraction of sp³-hybridized carbons (Fsp3) is 0.579. The van der Waals surface area contributed by atoms with Crippen LogP contribution < -0.4 is 0 Å². The van der Waals surface area contributed by atoms with E-state index in [1.807, 2.05) is 39.0 Å². The van der Waals surface area contributed by atoms with E-state index in [0.29, 0.717) is 25.5 Å². The summed E-state index contributed by atoms with van der Waals surface area (Å²) in [6.07, 6.45) is -0.261. The molecule has 1 aliphatic rings. The van der Waals surface area contributed by atoms with Crippen LogP contribution in [0.2, 0.25) is 0 Å². The molecule has 27 heavy (non-hydrogen) atoms. The van der Waals surface area contributed by atoms with Gasteiger partial charge in [-0.05, 0) is 38.5 Å². The molecule has 0 spiro atoms. The number of nitrogens with zero attached hydrogens (tertiary/aromatic N) is 6. The van der Waals surface area contributed by atoms with Crippen LogP contribution in [-0.4, -0.2) is 67.4 Å². The van der Waals surface area contributed by atoms with Gasteiger partial charge < -0.3 is 9.64 Å². The van der Waals surface area contributed by atoms with Crippen LogP contribution >= 0.6 is 0 Å². The minimum absolute atomic E-state index is 0.101. The first-order valence-electron chi connectivity index (χ1n) is 9.27. The Kier molecular flexibility index (Phi) is 5.46. The molecule has 8 nitrogen and oxygen atoms in total. The Balaban J connectivity index is 1.80. The van der Waals surface area contributed by atoms with Crippen molar-refractivity contribution < 1.29 is 9.53 Å². The minimum atomic E-state index is -0.492. The summed E-state index contributed by atoms with van der Waals surface area (Å²) in [6, 6.07) is 10.2. The molecular weight excluding hydrogens is 344 g/mol. The van der Waals surface area contributed by atoms with Gasteiger partial charge in [0.25, 0.3) is 0 Å². The Morgan fingerprint density at radius 3 is 2.48 bits per heavy atom. The van der Waals surface area contributed by atoms with E-state index >= 15 is 0 Å². The molecule has 1 unspecified atom stereocenters. The summed E-state index contributed by atoms with van der Waals surface area (Å²) in [5, 5.41) is 12.7. The molecule has 0 N–H and O–H groups in total. The number of benzene rings is 1.